The summed E-state index contributed by atoms with van der Waals surface area (Å²) in [5.74, 6) is 0. The van der Waals surface area contributed by atoms with Crippen molar-refractivity contribution in [2.45, 2.75) is 20.8 Å². The summed E-state index contributed by atoms with van der Waals surface area (Å²) in [6.07, 6.45) is 0. The first-order valence-electron chi connectivity index (χ1n) is 12.3. The lowest BCUT2D eigenvalue weighted by Gasteiger charge is -2.21. The predicted molar refractivity (Wildman–Crippen MR) is 147 cm³/mol. The summed E-state index contributed by atoms with van der Waals surface area (Å²) in [5, 5.41) is 4.81. The van der Waals surface area contributed by atoms with Crippen LogP contribution in [0.15, 0.2) is 91.2 Å². The first-order valence-corrected chi connectivity index (χ1v) is 12.3. The summed E-state index contributed by atoms with van der Waals surface area (Å²) in [4.78, 5) is 27.5. The van der Waals surface area contributed by atoms with E-state index in [0.717, 1.165) is 52.9 Å². The average molecular weight is 481 g/mol. The SMILES string of the molecule is CCNc1ccc2cc(-c3ccc4oc(=O)cc(-c5ccc(N(CC)CC)cc5)c4c3)c(=O)oc2c1. The molecule has 2 aromatic heterocycles. The first kappa shape index (κ1) is 23.4. The van der Waals surface area contributed by atoms with Crippen LogP contribution in [-0.2, 0) is 0 Å². The van der Waals surface area contributed by atoms with Gasteiger partial charge in [0.1, 0.15) is 11.2 Å². The molecule has 5 rings (SSSR count). The van der Waals surface area contributed by atoms with E-state index in [4.69, 9.17) is 8.83 Å². The fourth-order valence-corrected chi connectivity index (χ4v) is 4.64. The maximum atomic E-state index is 12.9. The molecule has 0 saturated carbocycles. The normalized spacial score (nSPS) is 11.2. The number of nitrogens with zero attached hydrogens (tertiary/aromatic N) is 1. The number of nitrogens with one attached hydrogen (secondary N) is 1. The number of hydrogen-bond donors (Lipinski definition) is 1. The molecule has 0 aliphatic carbocycles. The zero-order chi connectivity index (χ0) is 25.2. The number of hydrogen-bond acceptors (Lipinski definition) is 6. The molecule has 0 aliphatic heterocycles. The molecule has 0 bridgehead atoms. The van der Waals surface area contributed by atoms with Crippen molar-refractivity contribution in [3.8, 4) is 22.3 Å². The van der Waals surface area contributed by atoms with Crippen molar-refractivity contribution in [1.29, 1.82) is 0 Å². The maximum Gasteiger partial charge on any atom is 0.344 e. The van der Waals surface area contributed by atoms with E-state index in [1.165, 1.54) is 6.07 Å². The zero-order valence-electron chi connectivity index (χ0n) is 20.6. The van der Waals surface area contributed by atoms with E-state index in [2.05, 4.69) is 36.2 Å². The highest BCUT2D eigenvalue weighted by atomic mass is 16.4. The van der Waals surface area contributed by atoms with Gasteiger partial charge in [-0.1, -0.05) is 18.2 Å². The third-order valence-electron chi connectivity index (χ3n) is 6.48. The Hall–Kier alpha value is -4.32. The second-order valence-electron chi connectivity index (χ2n) is 8.64. The maximum absolute atomic E-state index is 12.9. The Balaban J connectivity index is 1.62. The molecule has 0 unspecified atom stereocenters. The highest BCUT2D eigenvalue weighted by molar-refractivity contribution is 5.96. The molecule has 182 valence electrons. The molecule has 1 N–H and O–H groups in total. The first-order chi connectivity index (χ1) is 17.5. The van der Waals surface area contributed by atoms with Gasteiger partial charge in [0.25, 0.3) is 0 Å². The van der Waals surface area contributed by atoms with Crippen molar-refractivity contribution in [3.05, 3.63) is 93.6 Å². The Morgan fingerprint density at radius 3 is 2.19 bits per heavy atom. The molecular weight excluding hydrogens is 452 g/mol. The van der Waals surface area contributed by atoms with Gasteiger partial charge in [0.15, 0.2) is 0 Å². The van der Waals surface area contributed by atoms with Crippen LogP contribution in [0.25, 0.3) is 44.2 Å². The van der Waals surface area contributed by atoms with Gasteiger partial charge in [0.2, 0.25) is 0 Å². The van der Waals surface area contributed by atoms with E-state index in [0.29, 0.717) is 22.3 Å². The van der Waals surface area contributed by atoms with E-state index in [-0.39, 0.29) is 0 Å². The highest BCUT2D eigenvalue weighted by Crippen LogP contribution is 2.32. The molecule has 6 nitrogen and oxygen atoms in total. The van der Waals surface area contributed by atoms with Crippen molar-refractivity contribution in [2.75, 3.05) is 29.9 Å². The lowest BCUT2D eigenvalue weighted by atomic mass is 9.98. The van der Waals surface area contributed by atoms with Crippen molar-refractivity contribution in [3.63, 3.8) is 0 Å². The van der Waals surface area contributed by atoms with E-state index < -0.39 is 11.3 Å². The lowest BCUT2D eigenvalue weighted by Crippen LogP contribution is -2.21. The molecule has 3 aromatic carbocycles. The van der Waals surface area contributed by atoms with Gasteiger partial charge in [-0.3, -0.25) is 0 Å². The molecule has 0 spiro atoms. The summed E-state index contributed by atoms with van der Waals surface area (Å²) >= 11 is 0. The van der Waals surface area contributed by atoms with Gasteiger partial charge in [0.05, 0.1) is 5.56 Å². The van der Waals surface area contributed by atoms with Crippen LogP contribution >= 0.6 is 0 Å². The van der Waals surface area contributed by atoms with Crippen LogP contribution in [-0.4, -0.2) is 19.6 Å². The topological polar surface area (TPSA) is 75.7 Å². The molecule has 0 fully saturated rings. The summed E-state index contributed by atoms with van der Waals surface area (Å²) in [6.45, 7) is 8.88. The molecule has 0 amide bonds. The smallest absolute Gasteiger partial charge is 0.344 e. The number of rotatable bonds is 7. The molecule has 5 aromatic rings. The Kier molecular flexibility index (Phi) is 6.34. The highest BCUT2D eigenvalue weighted by Gasteiger charge is 2.14. The summed E-state index contributed by atoms with van der Waals surface area (Å²) in [6, 6.07) is 22.6. The largest absolute Gasteiger partial charge is 0.423 e. The Morgan fingerprint density at radius 1 is 0.722 bits per heavy atom. The second kappa shape index (κ2) is 9.74. The molecule has 2 heterocycles. The van der Waals surface area contributed by atoms with E-state index in [1.54, 1.807) is 12.1 Å². The van der Waals surface area contributed by atoms with Crippen LogP contribution in [0.3, 0.4) is 0 Å². The van der Waals surface area contributed by atoms with Crippen molar-refractivity contribution < 1.29 is 8.83 Å². The predicted octanol–water partition coefficient (Wildman–Crippen LogP) is 6.51. The quantitative estimate of drug-likeness (QED) is 0.268. The van der Waals surface area contributed by atoms with Crippen LogP contribution in [0.5, 0.6) is 0 Å². The molecule has 6 heteroatoms. The third kappa shape index (κ3) is 4.38. The number of anilines is 2. The fourth-order valence-electron chi connectivity index (χ4n) is 4.64. The monoisotopic (exact) mass is 480 g/mol. The lowest BCUT2D eigenvalue weighted by molar-refractivity contribution is 0.561. The minimum absolute atomic E-state index is 0.417. The van der Waals surface area contributed by atoms with E-state index >= 15 is 0 Å². The zero-order valence-corrected chi connectivity index (χ0v) is 20.6. The van der Waals surface area contributed by atoms with Gasteiger partial charge >= 0.3 is 11.3 Å². The van der Waals surface area contributed by atoms with Crippen LogP contribution in [0.1, 0.15) is 20.8 Å². The summed E-state index contributed by atoms with van der Waals surface area (Å²) in [7, 11) is 0. The van der Waals surface area contributed by atoms with Crippen LogP contribution < -0.4 is 21.5 Å². The van der Waals surface area contributed by atoms with Crippen LogP contribution in [0.4, 0.5) is 11.4 Å². The molecular formula is C30H28N2O4. The molecule has 0 radical (unpaired) electrons. The van der Waals surface area contributed by atoms with Crippen molar-refractivity contribution in [2.24, 2.45) is 0 Å². The van der Waals surface area contributed by atoms with Gasteiger partial charge < -0.3 is 19.1 Å². The Morgan fingerprint density at radius 2 is 1.47 bits per heavy atom. The van der Waals surface area contributed by atoms with Crippen LogP contribution in [0.2, 0.25) is 0 Å². The minimum Gasteiger partial charge on any atom is -0.423 e. The van der Waals surface area contributed by atoms with E-state index in [9.17, 15) is 9.59 Å². The van der Waals surface area contributed by atoms with Gasteiger partial charge in [-0.2, -0.15) is 0 Å². The third-order valence-corrected chi connectivity index (χ3v) is 6.48. The van der Waals surface area contributed by atoms with Crippen molar-refractivity contribution in [1.82, 2.24) is 0 Å². The summed E-state index contributed by atoms with van der Waals surface area (Å²) < 4.78 is 11.1. The minimum atomic E-state index is -0.419. The molecule has 0 saturated heterocycles. The van der Waals surface area contributed by atoms with Crippen LogP contribution in [0, 0.1) is 0 Å². The van der Waals surface area contributed by atoms with Gasteiger partial charge in [-0.25, -0.2) is 9.59 Å². The molecule has 0 atom stereocenters. The summed E-state index contributed by atoms with van der Waals surface area (Å²) in [5.41, 5.74) is 5.01. The molecule has 36 heavy (non-hydrogen) atoms. The number of benzene rings is 3. The van der Waals surface area contributed by atoms with Crippen molar-refractivity contribution >= 4 is 33.3 Å². The molecule has 0 aliphatic rings. The van der Waals surface area contributed by atoms with Gasteiger partial charge in [0, 0.05) is 53.9 Å². The van der Waals surface area contributed by atoms with E-state index in [1.807, 2.05) is 49.4 Å². The number of fused-ring (bicyclic) bond motifs is 2. The van der Waals surface area contributed by atoms with Gasteiger partial charge in [-0.15, -0.1) is 0 Å². The Bertz CT molecular complexity index is 1660. The Labute approximate surface area is 208 Å². The standard InChI is InChI=1S/C30H28N2O4/c1-4-31-22-11-7-21-16-25(30(34)36-28(21)17-22)20-10-14-27-26(15-20)24(18-29(33)35-27)19-8-12-23(13-9-19)32(5-2)6-3/h7-18,31H,4-6H2,1-3H3. The van der Waals surface area contributed by atoms with Gasteiger partial charge in [-0.05, 0) is 79.9 Å². The fraction of sp³-hybridized carbons (Fsp3) is 0.200. The average Bonchev–Trinajstić information content (AvgIpc) is 2.89. The second-order valence-corrected chi connectivity index (χ2v) is 8.64.